The number of aromatic nitrogens is 3. The summed E-state index contributed by atoms with van der Waals surface area (Å²) in [6, 6.07) is 8.23. The van der Waals surface area contributed by atoms with Crippen LogP contribution < -0.4 is 10.5 Å². The summed E-state index contributed by atoms with van der Waals surface area (Å²) in [6.45, 7) is 5.92. The van der Waals surface area contributed by atoms with E-state index in [1.165, 1.54) is 0 Å². The highest BCUT2D eigenvalue weighted by Gasteiger charge is 2.35. The number of halogens is 1. The number of aryl methyl sites for hydroxylation is 3. The normalized spacial score (nSPS) is 16.3. The number of allylic oxidation sites excluding steroid dienone is 1. The van der Waals surface area contributed by atoms with Crippen molar-refractivity contribution in [3.8, 4) is 11.9 Å². The van der Waals surface area contributed by atoms with Crippen LogP contribution in [0.2, 0.25) is 5.15 Å². The summed E-state index contributed by atoms with van der Waals surface area (Å²) in [5, 5.41) is 18.0. The van der Waals surface area contributed by atoms with Crippen LogP contribution in [0.5, 0.6) is 5.88 Å². The number of nitrogens with two attached hydrogens (primary N) is 1. The fraction of sp³-hybridized carbons (Fsp3) is 0.211. The monoisotopic (exact) mass is 365 g/mol. The van der Waals surface area contributed by atoms with E-state index in [-0.39, 0.29) is 5.88 Å². The van der Waals surface area contributed by atoms with Crippen molar-refractivity contribution in [3.63, 3.8) is 0 Å². The topological polar surface area (TPSA) is 101 Å². The van der Waals surface area contributed by atoms with Gasteiger partial charge < -0.3 is 10.5 Å². The predicted molar refractivity (Wildman–Crippen MR) is 98.8 cm³/mol. The van der Waals surface area contributed by atoms with Gasteiger partial charge in [-0.25, -0.2) is 4.98 Å². The van der Waals surface area contributed by atoms with Gasteiger partial charge in [-0.15, -0.1) is 5.10 Å². The molecule has 0 aliphatic carbocycles. The Morgan fingerprint density at radius 1 is 1.27 bits per heavy atom. The number of pyridine rings is 1. The van der Waals surface area contributed by atoms with E-state index in [2.05, 4.69) is 27.3 Å². The highest BCUT2D eigenvalue weighted by atomic mass is 35.5. The molecule has 1 atom stereocenters. The minimum atomic E-state index is -0.479. The van der Waals surface area contributed by atoms with Gasteiger partial charge in [-0.1, -0.05) is 17.7 Å². The molecule has 0 spiro atoms. The maximum absolute atomic E-state index is 9.68. The van der Waals surface area contributed by atoms with Gasteiger partial charge in [0.05, 0.1) is 11.4 Å². The molecular formula is C19H16ClN5O. The second-order valence-corrected chi connectivity index (χ2v) is 6.87. The average Bonchev–Trinajstić information content (AvgIpc) is 2.93. The summed E-state index contributed by atoms with van der Waals surface area (Å²) in [4.78, 5) is 4.57. The fourth-order valence-electron chi connectivity index (χ4n) is 3.53. The van der Waals surface area contributed by atoms with Crippen molar-refractivity contribution in [1.82, 2.24) is 15.2 Å². The standard InChI is InChI=1S/C19H16ClN5O/c1-8-4-9(2)11-6-12(17(20)23-14(11)5-8)16-13(7-21)18(22)26-19-15(16)10(3)24-25-19/h4-6,16H,22H2,1-3H3,(H,24,25)/t16-/m0/s1. The van der Waals surface area contributed by atoms with Crippen LogP contribution in [0.3, 0.4) is 0 Å². The van der Waals surface area contributed by atoms with Crippen LogP contribution in [0.4, 0.5) is 0 Å². The molecule has 6 nitrogen and oxygen atoms in total. The number of hydrogen-bond acceptors (Lipinski definition) is 5. The quantitative estimate of drug-likeness (QED) is 0.639. The molecule has 0 radical (unpaired) electrons. The highest BCUT2D eigenvalue weighted by Crippen LogP contribution is 2.45. The molecule has 3 aromatic rings. The van der Waals surface area contributed by atoms with Crippen LogP contribution in [0.15, 0.2) is 29.7 Å². The molecule has 1 aliphatic heterocycles. The smallest absolute Gasteiger partial charge is 0.244 e. The zero-order chi connectivity index (χ0) is 18.6. The summed E-state index contributed by atoms with van der Waals surface area (Å²) in [6.07, 6.45) is 0. The van der Waals surface area contributed by atoms with Crippen molar-refractivity contribution < 1.29 is 4.74 Å². The number of nitrogens with one attached hydrogen (secondary N) is 1. The Labute approximate surface area is 155 Å². The molecule has 7 heteroatoms. The number of nitrogens with zero attached hydrogens (tertiary/aromatic N) is 3. The predicted octanol–water partition coefficient (Wildman–Crippen LogP) is 3.75. The summed E-state index contributed by atoms with van der Waals surface area (Å²) in [5.74, 6) is -0.0818. The second-order valence-electron chi connectivity index (χ2n) is 6.51. The first-order valence-electron chi connectivity index (χ1n) is 8.10. The SMILES string of the molecule is Cc1cc(C)c2cc([C@H]3C(C#N)=C(N)Oc4n[nH]c(C)c43)c(Cl)nc2c1. The van der Waals surface area contributed by atoms with Crippen LogP contribution in [0.25, 0.3) is 10.9 Å². The summed E-state index contributed by atoms with van der Waals surface area (Å²) < 4.78 is 5.50. The van der Waals surface area contributed by atoms with Crippen molar-refractivity contribution in [2.75, 3.05) is 0 Å². The largest absolute Gasteiger partial charge is 0.420 e. The van der Waals surface area contributed by atoms with Crippen LogP contribution >= 0.6 is 11.6 Å². The van der Waals surface area contributed by atoms with Gasteiger partial charge in [-0.2, -0.15) is 5.26 Å². The molecule has 3 heterocycles. The van der Waals surface area contributed by atoms with Crippen molar-refractivity contribution >= 4 is 22.5 Å². The number of ether oxygens (including phenoxy) is 1. The van der Waals surface area contributed by atoms with E-state index >= 15 is 0 Å². The van der Waals surface area contributed by atoms with Crippen LogP contribution in [0, 0.1) is 32.1 Å². The summed E-state index contributed by atoms with van der Waals surface area (Å²) >= 11 is 6.54. The molecule has 26 heavy (non-hydrogen) atoms. The molecule has 0 fully saturated rings. The Hall–Kier alpha value is -3.04. The van der Waals surface area contributed by atoms with Gasteiger partial charge in [0, 0.05) is 22.2 Å². The van der Waals surface area contributed by atoms with E-state index in [9.17, 15) is 5.26 Å². The molecular weight excluding hydrogens is 350 g/mol. The van der Waals surface area contributed by atoms with Gasteiger partial charge in [0.1, 0.15) is 16.8 Å². The molecule has 1 aliphatic rings. The van der Waals surface area contributed by atoms with Gasteiger partial charge in [0.2, 0.25) is 11.8 Å². The molecule has 0 unspecified atom stereocenters. The van der Waals surface area contributed by atoms with Gasteiger partial charge >= 0.3 is 0 Å². The van der Waals surface area contributed by atoms with Crippen molar-refractivity contribution in [1.29, 1.82) is 5.26 Å². The molecule has 2 aromatic heterocycles. The van der Waals surface area contributed by atoms with E-state index in [0.29, 0.717) is 22.2 Å². The number of H-pyrrole nitrogens is 1. The summed E-state index contributed by atoms with van der Waals surface area (Å²) in [5.41, 5.74) is 11.6. The van der Waals surface area contributed by atoms with Crippen molar-refractivity contribution in [3.05, 3.63) is 62.8 Å². The third kappa shape index (κ3) is 2.32. The zero-order valence-corrected chi connectivity index (χ0v) is 15.3. The molecule has 0 amide bonds. The first kappa shape index (κ1) is 16.4. The highest BCUT2D eigenvalue weighted by molar-refractivity contribution is 6.30. The van der Waals surface area contributed by atoms with Gasteiger partial charge in [0.15, 0.2) is 0 Å². The van der Waals surface area contributed by atoms with E-state index in [1.54, 1.807) is 0 Å². The molecule has 1 aromatic carbocycles. The Morgan fingerprint density at radius 3 is 2.77 bits per heavy atom. The van der Waals surface area contributed by atoms with Crippen LogP contribution in [0.1, 0.15) is 33.9 Å². The lowest BCUT2D eigenvalue weighted by Crippen LogP contribution is -2.21. The van der Waals surface area contributed by atoms with Crippen molar-refractivity contribution in [2.24, 2.45) is 5.73 Å². The lowest BCUT2D eigenvalue weighted by Gasteiger charge is -2.24. The third-order valence-electron chi connectivity index (χ3n) is 4.71. The Morgan fingerprint density at radius 2 is 2.04 bits per heavy atom. The first-order valence-corrected chi connectivity index (χ1v) is 8.48. The van der Waals surface area contributed by atoms with Crippen LogP contribution in [-0.2, 0) is 0 Å². The minimum absolute atomic E-state index is 0.0355. The molecule has 0 saturated carbocycles. The Kier molecular flexibility index (Phi) is 3.63. The lowest BCUT2D eigenvalue weighted by atomic mass is 9.84. The van der Waals surface area contributed by atoms with E-state index in [4.69, 9.17) is 22.1 Å². The number of fused-ring (bicyclic) bond motifs is 2. The fourth-order valence-corrected chi connectivity index (χ4v) is 3.79. The average molecular weight is 366 g/mol. The summed E-state index contributed by atoms with van der Waals surface area (Å²) in [7, 11) is 0. The molecule has 0 saturated heterocycles. The molecule has 4 rings (SSSR count). The molecule has 130 valence electrons. The second kappa shape index (κ2) is 5.75. The Bertz CT molecular complexity index is 1140. The lowest BCUT2D eigenvalue weighted by molar-refractivity contribution is 0.379. The van der Waals surface area contributed by atoms with E-state index in [0.717, 1.165) is 33.3 Å². The number of nitriles is 1. The minimum Gasteiger partial charge on any atom is -0.420 e. The maximum atomic E-state index is 9.68. The van der Waals surface area contributed by atoms with Gasteiger partial charge in [-0.3, -0.25) is 5.10 Å². The van der Waals surface area contributed by atoms with E-state index < -0.39 is 5.92 Å². The number of hydrogen-bond donors (Lipinski definition) is 2. The van der Waals surface area contributed by atoms with Crippen LogP contribution in [-0.4, -0.2) is 15.2 Å². The zero-order valence-electron chi connectivity index (χ0n) is 14.5. The van der Waals surface area contributed by atoms with E-state index in [1.807, 2.05) is 32.9 Å². The number of rotatable bonds is 1. The first-order chi connectivity index (χ1) is 12.4. The Balaban J connectivity index is 2.04. The molecule has 3 N–H and O–H groups in total. The van der Waals surface area contributed by atoms with Gasteiger partial charge in [0.25, 0.3) is 0 Å². The third-order valence-corrected chi connectivity index (χ3v) is 5.01. The van der Waals surface area contributed by atoms with Crippen molar-refractivity contribution in [2.45, 2.75) is 26.7 Å². The number of aromatic amines is 1. The van der Waals surface area contributed by atoms with Gasteiger partial charge in [-0.05, 0) is 44.0 Å². The maximum Gasteiger partial charge on any atom is 0.244 e. The number of benzene rings is 1. The molecule has 0 bridgehead atoms.